The van der Waals surface area contributed by atoms with Crippen LogP contribution in [0.15, 0.2) is 24.3 Å². The van der Waals surface area contributed by atoms with Crippen molar-refractivity contribution in [1.82, 2.24) is 15.1 Å². The number of likely N-dealkylation sites (tertiary alicyclic amines) is 1. The number of carboxylic acids is 1. The van der Waals surface area contributed by atoms with Gasteiger partial charge in [-0.15, -0.1) is 0 Å². The summed E-state index contributed by atoms with van der Waals surface area (Å²) >= 11 is 0. The molecule has 1 aromatic rings. The molecule has 1 aromatic carbocycles. The molecule has 150 valence electrons. The largest absolute Gasteiger partial charge is 0.480 e. The van der Waals surface area contributed by atoms with Crippen LogP contribution in [-0.4, -0.2) is 73.2 Å². The number of hydrogen-bond acceptors (Lipinski definition) is 5. The fourth-order valence-corrected chi connectivity index (χ4v) is 3.56. The van der Waals surface area contributed by atoms with Gasteiger partial charge < -0.3 is 15.2 Å². The molecule has 1 heterocycles. The lowest BCUT2D eigenvalue weighted by Gasteiger charge is -2.25. The van der Waals surface area contributed by atoms with Gasteiger partial charge in [0.15, 0.2) is 0 Å². The predicted octanol–water partition coefficient (Wildman–Crippen LogP) is 1.32. The molecule has 1 aliphatic heterocycles. The molecule has 1 saturated heterocycles. The second-order valence-corrected chi connectivity index (χ2v) is 7.15. The predicted molar refractivity (Wildman–Crippen MR) is 103 cm³/mol. The fraction of sp³-hybridized carbons (Fsp3) is 0.600. The molecule has 1 unspecified atom stereocenters. The number of nitrogens with one attached hydrogen (secondary N) is 1. The first-order valence-electron chi connectivity index (χ1n) is 9.46. The summed E-state index contributed by atoms with van der Waals surface area (Å²) in [7, 11) is 3.52. The van der Waals surface area contributed by atoms with Gasteiger partial charge in [0.1, 0.15) is 0 Å². The van der Waals surface area contributed by atoms with Crippen LogP contribution in [-0.2, 0) is 27.5 Å². The molecule has 0 bridgehead atoms. The minimum atomic E-state index is -0.799. The maximum absolute atomic E-state index is 12.4. The summed E-state index contributed by atoms with van der Waals surface area (Å²) in [6.45, 7) is 3.14. The van der Waals surface area contributed by atoms with Gasteiger partial charge in [0.05, 0.1) is 19.7 Å². The highest BCUT2D eigenvalue weighted by Gasteiger charge is 2.22. The van der Waals surface area contributed by atoms with Gasteiger partial charge >= 0.3 is 5.97 Å². The van der Waals surface area contributed by atoms with Crippen molar-refractivity contribution < 1.29 is 19.4 Å². The monoisotopic (exact) mass is 377 g/mol. The Morgan fingerprint density at radius 2 is 2.00 bits per heavy atom. The Morgan fingerprint density at radius 3 is 2.70 bits per heavy atom. The Balaban J connectivity index is 1.78. The maximum Gasteiger partial charge on any atom is 0.317 e. The molecule has 0 spiro atoms. The van der Waals surface area contributed by atoms with E-state index in [0.717, 1.165) is 43.5 Å². The van der Waals surface area contributed by atoms with Crippen LogP contribution >= 0.6 is 0 Å². The molecule has 0 aromatic heterocycles. The number of benzene rings is 1. The van der Waals surface area contributed by atoms with Crippen molar-refractivity contribution in [2.45, 2.75) is 38.5 Å². The van der Waals surface area contributed by atoms with Crippen LogP contribution in [0.4, 0.5) is 0 Å². The normalized spacial score (nSPS) is 18.3. The van der Waals surface area contributed by atoms with E-state index in [1.54, 1.807) is 7.11 Å². The molecule has 2 rings (SSSR count). The molecule has 1 atom stereocenters. The van der Waals surface area contributed by atoms with E-state index < -0.39 is 5.97 Å². The van der Waals surface area contributed by atoms with E-state index >= 15 is 0 Å². The number of hydrogen-bond donors (Lipinski definition) is 2. The lowest BCUT2D eigenvalue weighted by molar-refractivity contribution is -0.138. The van der Waals surface area contributed by atoms with E-state index in [4.69, 9.17) is 9.84 Å². The van der Waals surface area contributed by atoms with Gasteiger partial charge in [-0.1, -0.05) is 24.3 Å². The van der Waals surface area contributed by atoms with Crippen molar-refractivity contribution in [3.63, 3.8) is 0 Å². The van der Waals surface area contributed by atoms with Crippen LogP contribution in [0.5, 0.6) is 0 Å². The number of aliphatic carboxylic acids is 1. The molecule has 1 fully saturated rings. The van der Waals surface area contributed by atoms with Gasteiger partial charge in [-0.05, 0) is 44.0 Å². The van der Waals surface area contributed by atoms with Crippen LogP contribution in [0.1, 0.15) is 30.4 Å². The molecule has 1 aliphatic rings. The first-order valence-corrected chi connectivity index (χ1v) is 9.46. The van der Waals surface area contributed by atoms with Crippen molar-refractivity contribution in [3.05, 3.63) is 35.4 Å². The summed E-state index contributed by atoms with van der Waals surface area (Å²) in [5.74, 6) is -0.786. The molecule has 0 aliphatic carbocycles. The molecule has 0 saturated carbocycles. The van der Waals surface area contributed by atoms with Crippen molar-refractivity contribution in [3.8, 4) is 0 Å². The van der Waals surface area contributed by atoms with Gasteiger partial charge in [-0.2, -0.15) is 0 Å². The minimum absolute atomic E-state index is 0.0135. The Morgan fingerprint density at radius 1 is 1.26 bits per heavy atom. The number of carboxylic acid groups (broad SMARTS) is 1. The Hall–Kier alpha value is -1.96. The third-order valence-electron chi connectivity index (χ3n) is 5.06. The molecular formula is C20H31N3O4. The molecule has 2 N–H and O–H groups in total. The minimum Gasteiger partial charge on any atom is -0.480 e. The second kappa shape index (κ2) is 11.0. The average Bonchev–Trinajstić information content (AvgIpc) is 2.86. The smallest absolute Gasteiger partial charge is 0.317 e. The van der Waals surface area contributed by atoms with E-state index in [1.165, 1.54) is 0 Å². The van der Waals surface area contributed by atoms with Crippen LogP contribution < -0.4 is 5.32 Å². The van der Waals surface area contributed by atoms with Gasteiger partial charge in [0.2, 0.25) is 5.91 Å². The lowest BCUT2D eigenvalue weighted by Crippen LogP contribution is -2.39. The molecule has 7 nitrogen and oxygen atoms in total. The van der Waals surface area contributed by atoms with E-state index in [0.29, 0.717) is 19.7 Å². The number of carbonyl (C=O) groups is 2. The molecule has 1 amide bonds. The van der Waals surface area contributed by atoms with Crippen molar-refractivity contribution in [1.29, 1.82) is 0 Å². The topological polar surface area (TPSA) is 82.1 Å². The zero-order valence-electron chi connectivity index (χ0n) is 16.3. The summed E-state index contributed by atoms with van der Waals surface area (Å²) in [5.41, 5.74) is 2.15. The quantitative estimate of drug-likeness (QED) is 0.676. The second-order valence-electron chi connectivity index (χ2n) is 7.15. The Kier molecular flexibility index (Phi) is 8.71. The highest BCUT2D eigenvalue weighted by molar-refractivity contribution is 5.78. The number of methoxy groups -OCH3 is 1. The van der Waals surface area contributed by atoms with E-state index in [-0.39, 0.29) is 18.5 Å². The number of amides is 1. The molecule has 7 heteroatoms. The SMILES string of the molecule is COCc1ccccc1CNC(=O)CN1CCCC(N(C)CC(=O)O)CC1. The van der Waals surface area contributed by atoms with Crippen LogP contribution in [0, 0.1) is 0 Å². The van der Waals surface area contributed by atoms with Gasteiger partial charge in [-0.3, -0.25) is 19.4 Å². The molecule has 0 radical (unpaired) electrons. The number of rotatable bonds is 9. The standard InChI is InChI=1S/C20H31N3O4/c1-22(14-20(25)26)18-8-5-10-23(11-9-18)13-19(24)21-12-16-6-3-4-7-17(16)15-27-2/h3-4,6-7,18H,5,8-15H2,1-2H3,(H,21,24)(H,25,26). The average molecular weight is 377 g/mol. The van der Waals surface area contributed by atoms with Crippen molar-refractivity contribution in [2.75, 3.05) is 40.3 Å². The number of likely N-dealkylation sites (N-methyl/N-ethyl adjacent to an activating group) is 1. The van der Waals surface area contributed by atoms with Crippen LogP contribution in [0.2, 0.25) is 0 Å². The highest BCUT2D eigenvalue weighted by atomic mass is 16.5. The lowest BCUT2D eigenvalue weighted by atomic mass is 10.1. The zero-order valence-corrected chi connectivity index (χ0v) is 16.3. The van der Waals surface area contributed by atoms with Crippen LogP contribution in [0.25, 0.3) is 0 Å². The fourth-order valence-electron chi connectivity index (χ4n) is 3.56. The van der Waals surface area contributed by atoms with E-state index in [2.05, 4.69) is 10.2 Å². The number of carbonyl (C=O) groups excluding carboxylic acids is 1. The first kappa shape index (κ1) is 21.3. The summed E-state index contributed by atoms with van der Waals surface area (Å²) in [4.78, 5) is 27.3. The van der Waals surface area contributed by atoms with Gasteiger partial charge in [-0.25, -0.2) is 0 Å². The number of ether oxygens (including phenoxy) is 1. The molecular weight excluding hydrogens is 346 g/mol. The Labute approximate surface area is 161 Å². The molecule has 27 heavy (non-hydrogen) atoms. The summed E-state index contributed by atoms with van der Waals surface area (Å²) in [6.07, 6.45) is 2.82. The van der Waals surface area contributed by atoms with E-state index in [1.807, 2.05) is 36.2 Å². The number of nitrogens with zero attached hydrogens (tertiary/aromatic N) is 2. The van der Waals surface area contributed by atoms with Gasteiger partial charge in [0.25, 0.3) is 0 Å². The third kappa shape index (κ3) is 7.28. The third-order valence-corrected chi connectivity index (χ3v) is 5.06. The van der Waals surface area contributed by atoms with Crippen molar-refractivity contribution >= 4 is 11.9 Å². The highest BCUT2D eigenvalue weighted by Crippen LogP contribution is 2.15. The summed E-state index contributed by atoms with van der Waals surface area (Å²) < 4.78 is 5.20. The van der Waals surface area contributed by atoms with Gasteiger partial charge in [0, 0.05) is 26.2 Å². The van der Waals surface area contributed by atoms with Crippen molar-refractivity contribution in [2.24, 2.45) is 0 Å². The van der Waals surface area contributed by atoms with E-state index in [9.17, 15) is 9.59 Å². The summed E-state index contributed by atoms with van der Waals surface area (Å²) in [5, 5.41) is 12.0. The van der Waals surface area contributed by atoms with Crippen LogP contribution in [0.3, 0.4) is 0 Å². The summed E-state index contributed by atoms with van der Waals surface area (Å²) in [6, 6.07) is 8.20. The first-order chi connectivity index (χ1) is 13.0. The maximum atomic E-state index is 12.4. The Bertz CT molecular complexity index is 623. The zero-order chi connectivity index (χ0) is 19.6.